The van der Waals surface area contributed by atoms with Crippen molar-refractivity contribution in [1.29, 1.82) is 0 Å². The van der Waals surface area contributed by atoms with E-state index in [0.29, 0.717) is 5.02 Å². The van der Waals surface area contributed by atoms with E-state index in [0.717, 1.165) is 24.2 Å². The Morgan fingerprint density at radius 1 is 1.53 bits per heavy atom. The number of aryl methyl sites for hydroxylation is 1. The van der Waals surface area contributed by atoms with E-state index in [1.165, 1.54) is 0 Å². The summed E-state index contributed by atoms with van der Waals surface area (Å²) in [5.41, 5.74) is 1.94. The zero-order valence-corrected chi connectivity index (χ0v) is 11.2. The molecule has 0 aliphatic rings. The molecule has 0 bridgehead atoms. The summed E-state index contributed by atoms with van der Waals surface area (Å²) < 4.78 is 0. The predicted molar refractivity (Wildman–Crippen MR) is 70.9 cm³/mol. The minimum atomic E-state index is -0.812. The molecule has 3 nitrogen and oxygen atoms in total. The molecule has 0 amide bonds. The monoisotopic (exact) mass is 255 g/mol. The highest BCUT2D eigenvalue weighted by atomic mass is 35.5. The third kappa shape index (κ3) is 3.37. The minimum absolute atomic E-state index is 0.533. The Kier molecular flexibility index (Phi) is 4.82. The second-order valence-corrected chi connectivity index (χ2v) is 4.57. The normalized spacial score (nSPS) is 12.2. The summed E-state index contributed by atoms with van der Waals surface area (Å²) in [4.78, 5) is 13.0. The number of benzene rings is 1. The van der Waals surface area contributed by atoms with Gasteiger partial charge in [-0.25, -0.2) is 4.79 Å². The maximum Gasteiger partial charge on any atom is 0.326 e. The first-order valence-corrected chi connectivity index (χ1v) is 6.10. The molecule has 0 spiro atoms. The molecular formula is C13H18ClNO2. The average molecular weight is 256 g/mol. The van der Waals surface area contributed by atoms with Gasteiger partial charge in [0.05, 0.1) is 0 Å². The van der Waals surface area contributed by atoms with Crippen molar-refractivity contribution in [3.05, 3.63) is 28.8 Å². The smallest absolute Gasteiger partial charge is 0.326 e. The Morgan fingerprint density at radius 2 is 2.18 bits per heavy atom. The van der Waals surface area contributed by atoms with E-state index in [9.17, 15) is 4.79 Å². The van der Waals surface area contributed by atoms with E-state index < -0.39 is 12.0 Å². The molecule has 0 heterocycles. The third-order valence-electron chi connectivity index (χ3n) is 2.76. The number of carboxylic acids is 1. The zero-order valence-electron chi connectivity index (χ0n) is 10.4. The van der Waals surface area contributed by atoms with Crippen LogP contribution in [0, 0.1) is 6.92 Å². The summed E-state index contributed by atoms with van der Waals surface area (Å²) in [6.07, 6.45) is 0.902. The Morgan fingerprint density at radius 3 is 2.65 bits per heavy atom. The van der Waals surface area contributed by atoms with Gasteiger partial charge in [-0.05, 0) is 44.0 Å². The highest BCUT2D eigenvalue weighted by Gasteiger charge is 2.21. The Hall–Kier alpha value is -1.22. The van der Waals surface area contributed by atoms with Crippen LogP contribution in [0.5, 0.6) is 0 Å². The van der Waals surface area contributed by atoms with Gasteiger partial charge in [-0.15, -0.1) is 0 Å². The van der Waals surface area contributed by atoms with Gasteiger partial charge < -0.3 is 10.0 Å². The SMILES string of the molecule is CCCN(c1ccc(Cl)cc1C)C(C)C(=O)O. The maximum absolute atomic E-state index is 11.1. The van der Waals surface area contributed by atoms with Crippen molar-refractivity contribution in [2.75, 3.05) is 11.4 Å². The topological polar surface area (TPSA) is 40.5 Å². The van der Waals surface area contributed by atoms with Crippen molar-refractivity contribution in [2.24, 2.45) is 0 Å². The summed E-state index contributed by atoms with van der Waals surface area (Å²) in [7, 11) is 0. The van der Waals surface area contributed by atoms with E-state index in [4.69, 9.17) is 16.7 Å². The Labute approximate surface area is 107 Å². The van der Waals surface area contributed by atoms with E-state index in [1.807, 2.05) is 30.9 Å². The van der Waals surface area contributed by atoms with Crippen molar-refractivity contribution in [2.45, 2.75) is 33.2 Å². The van der Waals surface area contributed by atoms with Gasteiger partial charge in [-0.1, -0.05) is 18.5 Å². The zero-order chi connectivity index (χ0) is 13.0. The summed E-state index contributed by atoms with van der Waals surface area (Å²) in [5, 5.41) is 9.79. The van der Waals surface area contributed by atoms with Gasteiger partial charge in [-0.2, -0.15) is 0 Å². The van der Waals surface area contributed by atoms with E-state index >= 15 is 0 Å². The van der Waals surface area contributed by atoms with Crippen molar-refractivity contribution >= 4 is 23.3 Å². The van der Waals surface area contributed by atoms with Crippen LogP contribution in [0.2, 0.25) is 5.02 Å². The lowest BCUT2D eigenvalue weighted by Crippen LogP contribution is -2.40. The highest BCUT2D eigenvalue weighted by Crippen LogP contribution is 2.25. The van der Waals surface area contributed by atoms with Crippen molar-refractivity contribution in [3.63, 3.8) is 0 Å². The quantitative estimate of drug-likeness (QED) is 0.877. The molecule has 4 heteroatoms. The first-order chi connectivity index (χ1) is 7.97. The van der Waals surface area contributed by atoms with Gasteiger partial charge in [0, 0.05) is 17.3 Å². The number of hydrogen-bond acceptors (Lipinski definition) is 2. The summed E-state index contributed by atoms with van der Waals surface area (Å²) in [6, 6.07) is 5.00. The largest absolute Gasteiger partial charge is 0.480 e. The van der Waals surface area contributed by atoms with Crippen LogP contribution in [0.1, 0.15) is 25.8 Å². The Balaban J connectivity index is 3.09. The lowest BCUT2D eigenvalue weighted by molar-refractivity contribution is -0.138. The number of carbonyl (C=O) groups is 1. The lowest BCUT2D eigenvalue weighted by atomic mass is 10.1. The molecule has 1 unspecified atom stereocenters. The molecule has 17 heavy (non-hydrogen) atoms. The van der Waals surface area contributed by atoms with Crippen LogP contribution in [-0.2, 0) is 4.79 Å². The number of aliphatic carboxylic acids is 1. The van der Waals surface area contributed by atoms with Crippen LogP contribution in [0.15, 0.2) is 18.2 Å². The molecule has 0 aromatic heterocycles. The number of rotatable bonds is 5. The van der Waals surface area contributed by atoms with Crippen LogP contribution in [-0.4, -0.2) is 23.7 Å². The number of nitrogens with zero attached hydrogens (tertiary/aromatic N) is 1. The molecule has 1 rings (SSSR count). The molecule has 0 fully saturated rings. The van der Waals surface area contributed by atoms with Gasteiger partial charge in [0.25, 0.3) is 0 Å². The summed E-state index contributed by atoms with van der Waals surface area (Å²) in [6.45, 7) is 6.40. The number of hydrogen-bond donors (Lipinski definition) is 1. The lowest BCUT2D eigenvalue weighted by Gasteiger charge is -2.29. The molecular weight excluding hydrogens is 238 g/mol. The van der Waals surface area contributed by atoms with Gasteiger partial charge in [-0.3, -0.25) is 0 Å². The molecule has 94 valence electrons. The molecule has 0 saturated carbocycles. The minimum Gasteiger partial charge on any atom is -0.480 e. The standard InChI is InChI=1S/C13H18ClNO2/c1-4-7-15(10(3)13(16)17)12-6-5-11(14)8-9(12)2/h5-6,8,10H,4,7H2,1-3H3,(H,16,17). The third-order valence-corrected chi connectivity index (χ3v) is 2.99. The van der Waals surface area contributed by atoms with Crippen molar-refractivity contribution in [3.8, 4) is 0 Å². The predicted octanol–water partition coefficient (Wildman–Crippen LogP) is 3.34. The number of carboxylic acid groups (broad SMARTS) is 1. The van der Waals surface area contributed by atoms with Crippen LogP contribution in [0.4, 0.5) is 5.69 Å². The molecule has 0 saturated heterocycles. The van der Waals surface area contributed by atoms with Crippen molar-refractivity contribution in [1.82, 2.24) is 0 Å². The van der Waals surface area contributed by atoms with Crippen LogP contribution in [0.25, 0.3) is 0 Å². The number of halogens is 1. The maximum atomic E-state index is 11.1. The van der Waals surface area contributed by atoms with Crippen LogP contribution < -0.4 is 4.90 Å². The van der Waals surface area contributed by atoms with Gasteiger partial charge >= 0.3 is 5.97 Å². The molecule has 1 aromatic carbocycles. The van der Waals surface area contributed by atoms with Gasteiger partial charge in [0.15, 0.2) is 0 Å². The molecule has 1 aromatic rings. The number of anilines is 1. The molecule has 0 aliphatic carbocycles. The van der Waals surface area contributed by atoms with Crippen LogP contribution in [0.3, 0.4) is 0 Å². The fraction of sp³-hybridized carbons (Fsp3) is 0.462. The highest BCUT2D eigenvalue weighted by molar-refractivity contribution is 6.30. The first kappa shape index (κ1) is 13.8. The second-order valence-electron chi connectivity index (χ2n) is 4.14. The molecule has 0 aliphatic heterocycles. The van der Waals surface area contributed by atoms with E-state index in [-0.39, 0.29) is 0 Å². The Bertz CT molecular complexity index is 406. The molecule has 1 N–H and O–H groups in total. The van der Waals surface area contributed by atoms with E-state index in [2.05, 4.69) is 0 Å². The fourth-order valence-electron chi connectivity index (χ4n) is 1.84. The van der Waals surface area contributed by atoms with Gasteiger partial charge in [0.2, 0.25) is 0 Å². The summed E-state index contributed by atoms with van der Waals surface area (Å²) in [5.74, 6) is -0.812. The first-order valence-electron chi connectivity index (χ1n) is 5.73. The van der Waals surface area contributed by atoms with Gasteiger partial charge in [0.1, 0.15) is 6.04 Å². The van der Waals surface area contributed by atoms with Crippen LogP contribution >= 0.6 is 11.6 Å². The molecule has 0 radical (unpaired) electrons. The summed E-state index contributed by atoms with van der Waals surface area (Å²) >= 11 is 5.91. The molecule has 1 atom stereocenters. The average Bonchev–Trinajstić information content (AvgIpc) is 2.26. The fourth-order valence-corrected chi connectivity index (χ4v) is 2.06. The van der Waals surface area contributed by atoms with Crippen molar-refractivity contribution < 1.29 is 9.90 Å². The van der Waals surface area contributed by atoms with E-state index in [1.54, 1.807) is 13.0 Å². The second kappa shape index (κ2) is 5.92.